The molecule has 2 heterocycles. The predicted molar refractivity (Wildman–Crippen MR) is 163 cm³/mol. The van der Waals surface area contributed by atoms with Gasteiger partial charge in [-0.05, 0) is 48.8 Å². The molecule has 0 spiro atoms. The lowest BCUT2D eigenvalue weighted by Gasteiger charge is -2.21. The van der Waals surface area contributed by atoms with E-state index in [1.54, 1.807) is 37.3 Å². The largest absolute Gasteiger partial charge is 0.497 e. The Labute approximate surface area is 248 Å². The molecular weight excluding hydrogens is 609 g/mol. The van der Waals surface area contributed by atoms with Gasteiger partial charge in [0, 0.05) is 30.0 Å². The van der Waals surface area contributed by atoms with E-state index in [0.717, 1.165) is 36.4 Å². The van der Waals surface area contributed by atoms with Crippen LogP contribution >= 0.6 is 23.1 Å². The summed E-state index contributed by atoms with van der Waals surface area (Å²) >= 11 is 3.14. The SMILES string of the molecule is CCC(=Cc1sc2ccc(OC)cc2[n+]1CCCS(=O)(=O)O)/C=C1\Sc2ccc(OC)cc2N1CCCS(=O)(=O)O. The molecule has 1 aliphatic rings. The maximum absolute atomic E-state index is 11.4. The lowest BCUT2D eigenvalue weighted by molar-refractivity contribution is -0.668. The van der Waals surface area contributed by atoms with Crippen LogP contribution in [-0.2, 0) is 26.8 Å². The van der Waals surface area contributed by atoms with Gasteiger partial charge in [0.1, 0.15) is 16.2 Å². The fraction of sp³-hybridized carbons (Fsp3) is 0.370. The Kier molecular flexibility index (Phi) is 10.0. The maximum atomic E-state index is 11.4. The number of nitrogens with zero attached hydrogens (tertiary/aromatic N) is 2. The summed E-state index contributed by atoms with van der Waals surface area (Å²) in [5.74, 6) is 0.685. The minimum absolute atomic E-state index is 0.241. The predicted octanol–water partition coefficient (Wildman–Crippen LogP) is 5.01. The van der Waals surface area contributed by atoms with Crippen LogP contribution in [-0.4, -0.2) is 58.2 Å². The number of hydrogen-bond acceptors (Lipinski definition) is 9. The van der Waals surface area contributed by atoms with Crippen molar-refractivity contribution in [3.05, 3.63) is 58.1 Å². The number of hydrogen-bond donors (Lipinski definition) is 2. The molecule has 222 valence electrons. The first-order valence-corrected chi connectivity index (χ1v) is 17.7. The normalized spacial score (nSPS) is 15.1. The Morgan fingerprint density at radius 3 is 2.29 bits per heavy atom. The van der Waals surface area contributed by atoms with Crippen LogP contribution in [0.5, 0.6) is 11.5 Å². The Hall–Kier alpha value is -2.62. The number of thioether (sulfide) groups is 1. The quantitative estimate of drug-likeness (QED) is 0.194. The third-order valence-electron chi connectivity index (χ3n) is 6.47. The lowest BCUT2D eigenvalue weighted by atomic mass is 10.2. The van der Waals surface area contributed by atoms with Gasteiger partial charge in [0.05, 0.1) is 42.5 Å². The number of methoxy groups -OCH3 is 2. The number of anilines is 1. The van der Waals surface area contributed by atoms with Crippen molar-refractivity contribution >= 4 is 65.3 Å². The molecule has 0 aliphatic carbocycles. The fourth-order valence-electron chi connectivity index (χ4n) is 4.46. The van der Waals surface area contributed by atoms with E-state index in [1.165, 1.54) is 0 Å². The minimum Gasteiger partial charge on any atom is -0.497 e. The van der Waals surface area contributed by atoms with Crippen LogP contribution in [0.1, 0.15) is 31.2 Å². The number of thiazole rings is 1. The van der Waals surface area contributed by atoms with Gasteiger partial charge in [-0.2, -0.15) is 21.4 Å². The zero-order valence-corrected chi connectivity index (χ0v) is 26.2. The Bertz CT molecular complexity index is 1700. The van der Waals surface area contributed by atoms with Gasteiger partial charge in [-0.3, -0.25) is 9.11 Å². The number of aryl methyl sites for hydroxylation is 1. The van der Waals surface area contributed by atoms with Crippen LogP contribution in [0.15, 0.2) is 58.0 Å². The van der Waals surface area contributed by atoms with E-state index in [0.29, 0.717) is 31.0 Å². The molecule has 2 N–H and O–H groups in total. The minimum atomic E-state index is -4.08. The molecule has 2 aromatic carbocycles. The first-order chi connectivity index (χ1) is 19.4. The van der Waals surface area contributed by atoms with Crippen molar-refractivity contribution in [1.82, 2.24) is 0 Å². The third-order valence-corrected chi connectivity index (χ3v) is 10.3. The Morgan fingerprint density at radius 2 is 1.63 bits per heavy atom. The molecule has 0 fully saturated rings. The van der Waals surface area contributed by atoms with Gasteiger partial charge in [-0.25, -0.2) is 0 Å². The molecule has 3 aromatic rings. The molecule has 0 unspecified atom stereocenters. The monoisotopic (exact) mass is 641 g/mol. The van der Waals surface area contributed by atoms with Gasteiger partial charge in [0.2, 0.25) is 5.52 Å². The second-order valence-corrected chi connectivity index (χ2v) is 14.6. The van der Waals surface area contributed by atoms with Crippen molar-refractivity contribution in [3.63, 3.8) is 0 Å². The number of rotatable bonds is 13. The highest BCUT2D eigenvalue weighted by Gasteiger charge is 2.27. The first kappa shape index (κ1) is 31.3. The van der Waals surface area contributed by atoms with Crippen molar-refractivity contribution < 1.29 is 40.0 Å². The lowest BCUT2D eigenvalue weighted by Crippen LogP contribution is -2.36. The number of fused-ring (bicyclic) bond motifs is 2. The summed E-state index contributed by atoms with van der Waals surface area (Å²) in [5, 5.41) is 1.83. The molecule has 1 aromatic heterocycles. The van der Waals surface area contributed by atoms with Crippen LogP contribution in [0.2, 0.25) is 0 Å². The molecule has 0 atom stereocenters. The molecule has 0 saturated carbocycles. The van der Waals surface area contributed by atoms with Crippen LogP contribution in [0.3, 0.4) is 0 Å². The second-order valence-electron chi connectivity index (χ2n) is 9.35. The van der Waals surface area contributed by atoms with Crippen molar-refractivity contribution in [3.8, 4) is 11.5 Å². The Balaban J connectivity index is 1.73. The molecule has 0 radical (unpaired) electrons. The van der Waals surface area contributed by atoms with E-state index in [4.69, 9.17) is 9.47 Å². The van der Waals surface area contributed by atoms with Gasteiger partial charge in [-0.1, -0.05) is 30.0 Å². The molecule has 4 rings (SSSR count). The standard InChI is InChI=1S/C27H32N2O8S4/c1-4-19(15-26-28(11-5-13-40(30,31)32)22-17-20(36-2)7-9-24(22)38-26)16-27-29(12-6-14-41(33,34)35)23-18-21(37-3)8-10-25(23)39-27/h7-10,15-18H,4-6,11-14H2,1-3H3,(H-,30,31,32,33,34,35)/p+1. The summed E-state index contributed by atoms with van der Waals surface area (Å²) in [4.78, 5) is 3.04. The first-order valence-electron chi connectivity index (χ1n) is 12.9. The van der Waals surface area contributed by atoms with Crippen LogP contribution in [0.4, 0.5) is 5.69 Å². The topological polar surface area (TPSA) is 134 Å². The molecule has 0 bridgehead atoms. The smallest absolute Gasteiger partial charge is 0.265 e. The number of allylic oxidation sites excluding steroid dienone is 2. The number of aromatic nitrogens is 1. The molecule has 14 heteroatoms. The van der Waals surface area contributed by atoms with Gasteiger partial charge in [0.15, 0.2) is 6.54 Å². The maximum Gasteiger partial charge on any atom is 0.265 e. The molecule has 1 aliphatic heterocycles. The zero-order valence-electron chi connectivity index (χ0n) is 22.9. The highest BCUT2D eigenvalue weighted by atomic mass is 32.2. The van der Waals surface area contributed by atoms with Crippen molar-refractivity contribution in [2.75, 3.05) is 37.2 Å². The van der Waals surface area contributed by atoms with E-state index in [1.807, 2.05) is 52.8 Å². The number of ether oxygens (including phenoxy) is 2. The summed E-state index contributed by atoms with van der Waals surface area (Å²) in [6.07, 6.45) is 5.32. The molecule has 0 saturated heterocycles. The Morgan fingerprint density at radius 1 is 0.976 bits per heavy atom. The highest BCUT2D eigenvalue weighted by Crippen LogP contribution is 2.48. The van der Waals surface area contributed by atoms with Gasteiger partial charge in [-0.15, -0.1) is 0 Å². The number of benzene rings is 2. The van der Waals surface area contributed by atoms with Crippen LogP contribution in [0, 0.1) is 0 Å². The molecule has 10 nitrogen and oxygen atoms in total. The average molecular weight is 642 g/mol. The average Bonchev–Trinajstić information content (AvgIpc) is 3.43. The van der Waals surface area contributed by atoms with E-state index in [9.17, 15) is 25.9 Å². The van der Waals surface area contributed by atoms with E-state index in [2.05, 4.69) is 12.2 Å². The van der Waals surface area contributed by atoms with E-state index in [-0.39, 0.29) is 24.3 Å². The van der Waals surface area contributed by atoms with Gasteiger partial charge < -0.3 is 14.4 Å². The van der Waals surface area contributed by atoms with Crippen molar-refractivity contribution in [2.24, 2.45) is 0 Å². The van der Waals surface area contributed by atoms with Gasteiger partial charge in [0.25, 0.3) is 25.2 Å². The van der Waals surface area contributed by atoms with Crippen LogP contribution in [0.25, 0.3) is 16.3 Å². The van der Waals surface area contributed by atoms with E-state index >= 15 is 0 Å². The van der Waals surface area contributed by atoms with Crippen molar-refractivity contribution in [1.29, 1.82) is 0 Å². The van der Waals surface area contributed by atoms with E-state index < -0.39 is 20.2 Å². The summed E-state index contributed by atoms with van der Waals surface area (Å²) in [6.45, 7) is 2.81. The van der Waals surface area contributed by atoms with Gasteiger partial charge >= 0.3 is 0 Å². The fourth-order valence-corrected chi connectivity index (χ4v) is 7.74. The zero-order chi connectivity index (χ0) is 29.8. The van der Waals surface area contributed by atoms with Crippen LogP contribution < -0.4 is 18.9 Å². The third kappa shape index (κ3) is 8.23. The second kappa shape index (κ2) is 13.1. The van der Waals surface area contributed by atoms with Crippen molar-refractivity contribution in [2.45, 2.75) is 37.6 Å². The summed E-state index contributed by atoms with van der Waals surface area (Å²) in [7, 11) is -4.99. The highest BCUT2D eigenvalue weighted by molar-refractivity contribution is 8.03. The molecular formula is C27H33N2O8S4+. The molecule has 41 heavy (non-hydrogen) atoms. The summed E-state index contributed by atoms with van der Waals surface area (Å²) in [6, 6.07) is 11.5. The summed E-state index contributed by atoms with van der Waals surface area (Å²) < 4.78 is 77.8. The molecule has 0 amide bonds. The summed E-state index contributed by atoms with van der Waals surface area (Å²) in [5.41, 5.74) is 2.82.